The molecule has 6 nitrogen and oxygen atoms in total. The molecule has 0 saturated carbocycles. The zero-order valence-corrected chi connectivity index (χ0v) is 16.8. The number of hydrogen-bond acceptors (Lipinski definition) is 4. The lowest BCUT2D eigenvalue weighted by Gasteiger charge is -2.34. The Morgan fingerprint density at radius 2 is 1.96 bits per heavy atom. The topological polar surface area (TPSA) is 59.0 Å². The Morgan fingerprint density at radius 3 is 2.68 bits per heavy atom. The van der Waals surface area contributed by atoms with Crippen LogP contribution in [0.2, 0.25) is 0 Å². The molecule has 1 saturated heterocycles. The van der Waals surface area contributed by atoms with E-state index in [9.17, 15) is 0 Å². The Bertz CT molecular complexity index is 743. The summed E-state index contributed by atoms with van der Waals surface area (Å²) >= 11 is 0. The van der Waals surface area contributed by atoms with E-state index in [1.165, 1.54) is 0 Å². The summed E-state index contributed by atoms with van der Waals surface area (Å²) in [7, 11) is 1.83. The Balaban J connectivity index is 1.49. The van der Waals surface area contributed by atoms with Gasteiger partial charge < -0.3 is 19.7 Å². The fourth-order valence-corrected chi connectivity index (χ4v) is 3.35. The molecular weight excluding hydrogens is 352 g/mol. The summed E-state index contributed by atoms with van der Waals surface area (Å²) in [6.45, 7) is 5.97. The highest BCUT2D eigenvalue weighted by Crippen LogP contribution is 2.15. The number of hydrogen-bond donors (Lipinski definition) is 1. The van der Waals surface area contributed by atoms with Crippen LogP contribution in [0.3, 0.4) is 0 Å². The van der Waals surface area contributed by atoms with E-state index in [1.807, 2.05) is 49.5 Å². The van der Waals surface area contributed by atoms with Gasteiger partial charge in [-0.1, -0.05) is 30.3 Å². The van der Waals surface area contributed by atoms with Gasteiger partial charge in [-0.05, 0) is 37.0 Å². The van der Waals surface area contributed by atoms with Crippen molar-refractivity contribution in [3.63, 3.8) is 0 Å². The predicted octanol–water partition coefficient (Wildman–Crippen LogP) is 3.24. The van der Waals surface area contributed by atoms with Crippen molar-refractivity contribution in [1.29, 1.82) is 0 Å². The highest BCUT2D eigenvalue weighted by Gasteiger charge is 2.21. The second-order valence-corrected chi connectivity index (χ2v) is 6.82. The van der Waals surface area contributed by atoms with Crippen molar-refractivity contribution in [3.8, 4) is 5.88 Å². The van der Waals surface area contributed by atoms with Crippen LogP contribution in [0.1, 0.15) is 30.9 Å². The first kappa shape index (κ1) is 20.1. The Morgan fingerprint density at radius 1 is 1.18 bits per heavy atom. The van der Waals surface area contributed by atoms with E-state index in [0.29, 0.717) is 25.1 Å². The van der Waals surface area contributed by atoms with E-state index in [4.69, 9.17) is 9.47 Å². The summed E-state index contributed by atoms with van der Waals surface area (Å²) in [6.07, 6.45) is 4.25. The summed E-state index contributed by atoms with van der Waals surface area (Å²) in [4.78, 5) is 11.0. The smallest absolute Gasteiger partial charge is 0.213 e. The maximum atomic E-state index is 5.82. The Labute approximate surface area is 167 Å². The first-order valence-electron chi connectivity index (χ1n) is 9.97. The lowest BCUT2D eigenvalue weighted by molar-refractivity contribution is 0.0263. The molecule has 0 aliphatic carbocycles. The van der Waals surface area contributed by atoms with E-state index in [2.05, 4.69) is 27.1 Å². The molecule has 1 aliphatic heterocycles. The van der Waals surface area contributed by atoms with Gasteiger partial charge in [0.2, 0.25) is 5.88 Å². The van der Waals surface area contributed by atoms with Gasteiger partial charge in [-0.2, -0.15) is 0 Å². The van der Waals surface area contributed by atoms with Gasteiger partial charge in [-0.15, -0.1) is 0 Å². The zero-order chi connectivity index (χ0) is 19.6. The molecule has 2 heterocycles. The minimum atomic E-state index is 0.379. The van der Waals surface area contributed by atoms with Crippen molar-refractivity contribution in [2.24, 2.45) is 4.99 Å². The molecule has 0 bridgehead atoms. The highest BCUT2D eigenvalue weighted by molar-refractivity contribution is 5.79. The van der Waals surface area contributed by atoms with E-state index in [-0.39, 0.29) is 0 Å². The van der Waals surface area contributed by atoms with Crippen molar-refractivity contribution in [3.05, 3.63) is 59.8 Å². The number of ether oxygens (including phenoxy) is 2. The minimum Gasteiger partial charge on any atom is -0.473 e. The molecule has 0 spiro atoms. The van der Waals surface area contributed by atoms with Gasteiger partial charge in [0, 0.05) is 45.6 Å². The quantitative estimate of drug-likeness (QED) is 0.588. The molecule has 150 valence electrons. The minimum absolute atomic E-state index is 0.379. The van der Waals surface area contributed by atoms with Gasteiger partial charge in [0.05, 0.1) is 6.10 Å². The van der Waals surface area contributed by atoms with Crippen LogP contribution in [0.5, 0.6) is 5.88 Å². The van der Waals surface area contributed by atoms with Crippen LogP contribution < -0.4 is 10.1 Å². The molecule has 0 amide bonds. The van der Waals surface area contributed by atoms with Gasteiger partial charge >= 0.3 is 0 Å². The number of aliphatic imine (C=N–C) groups is 1. The monoisotopic (exact) mass is 382 g/mol. The van der Waals surface area contributed by atoms with Crippen LogP contribution in [0.4, 0.5) is 0 Å². The van der Waals surface area contributed by atoms with E-state index >= 15 is 0 Å². The van der Waals surface area contributed by atoms with Crippen molar-refractivity contribution in [2.45, 2.75) is 39.0 Å². The number of nitrogens with one attached hydrogen (secondary N) is 1. The van der Waals surface area contributed by atoms with Crippen LogP contribution in [-0.2, 0) is 17.9 Å². The number of guanidine groups is 1. The summed E-state index contributed by atoms with van der Waals surface area (Å²) in [5, 5.41) is 3.46. The van der Waals surface area contributed by atoms with E-state index in [1.54, 1.807) is 6.20 Å². The standard InChI is InChI=1S/C22H30N4O2/c1-3-27-20-10-13-26(14-11-20)22(23-2)25-16-19-9-12-24-21(15-19)28-17-18-7-5-4-6-8-18/h4-9,12,15,20H,3,10-11,13-14,16-17H2,1-2H3,(H,23,25). The Hall–Kier alpha value is -2.60. The molecule has 0 atom stereocenters. The largest absolute Gasteiger partial charge is 0.473 e. The van der Waals surface area contributed by atoms with Gasteiger partial charge in [0.1, 0.15) is 6.61 Å². The second kappa shape index (κ2) is 10.7. The van der Waals surface area contributed by atoms with Crippen LogP contribution in [0.25, 0.3) is 0 Å². The fourth-order valence-electron chi connectivity index (χ4n) is 3.35. The molecule has 3 rings (SSSR count). The van der Waals surface area contributed by atoms with Gasteiger partial charge in [0.25, 0.3) is 0 Å². The lowest BCUT2D eigenvalue weighted by atomic mass is 10.1. The van der Waals surface area contributed by atoms with E-state index in [0.717, 1.165) is 49.6 Å². The summed E-state index contributed by atoms with van der Waals surface area (Å²) in [5.74, 6) is 1.56. The van der Waals surface area contributed by atoms with Crippen LogP contribution in [0.15, 0.2) is 53.7 Å². The average molecular weight is 383 g/mol. The normalized spacial score (nSPS) is 15.5. The summed E-state index contributed by atoms with van der Waals surface area (Å²) in [5.41, 5.74) is 2.24. The number of aromatic nitrogens is 1. The predicted molar refractivity (Wildman–Crippen MR) is 111 cm³/mol. The molecule has 28 heavy (non-hydrogen) atoms. The second-order valence-electron chi connectivity index (χ2n) is 6.82. The van der Waals surface area contributed by atoms with Crippen LogP contribution in [0, 0.1) is 0 Å². The third-order valence-electron chi connectivity index (χ3n) is 4.84. The SMILES string of the molecule is CCOC1CCN(C(=NC)NCc2ccnc(OCc3ccccc3)c2)CC1. The summed E-state index contributed by atoms with van der Waals surface area (Å²) in [6, 6.07) is 14.1. The molecule has 0 unspecified atom stereocenters. The number of pyridine rings is 1. The number of benzene rings is 1. The van der Waals surface area contributed by atoms with E-state index < -0.39 is 0 Å². The number of rotatable bonds is 7. The first-order valence-corrected chi connectivity index (χ1v) is 9.97. The van der Waals surface area contributed by atoms with Gasteiger partial charge in [0.15, 0.2) is 5.96 Å². The van der Waals surface area contributed by atoms with Crippen LogP contribution in [-0.4, -0.2) is 48.7 Å². The molecule has 1 fully saturated rings. The third-order valence-corrected chi connectivity index (χ3v) is 4.84. The van der Waals surface area contributed by atoms with Crippen molar-refractivity contribution in [2.75, 3.05) is 26.7 Å². The van der Waals surface area contributed by atoms with Gasteiger partial charge in [-0.25, -0.2) is 4.98 Å². The molecule has 1 aromatic carbocycles. The zero-order valence-electron chi connectivity index (χ0n) is 16.8. The highest BCUT2D eigenvalue weighted by atomic mass is 16.5. The molecular formula is C22H30N4O2. The summed E-state index contributed by atoms with van der Waals surface area (Å²) < 4.78 is 11.6. The molecule has 6 heteroatoms. The van der Waals surface area contributed by atoms with Gasteiger partial charge in [-0.3, -0.25) is 4.99 Å². The molecule has 1 N–H and O–H groups in total. The first-order chi connectivity index (χ1) is 13.8. The maximum Gasteiger partial charge on any atom is 0.213 e. The fraction of sp³-hybridized carbons (Fsp3) is 0.455. The molecule has 1 aliphatic rings. The number of likely N-dealkylation sites (tertiary alicyclic amines) is 1. The molecule has 1 aromatic heterocycles. The molecule has 2 aromatic rings. The van der Waals surface area contributed by atoms with Crippen molar-refractivity contribution in [1.82, 2.24) is 15.2 Å². The van der Waals surface area contributed by atoms with Crippen molar-refractivity contribution >= 4 is 5.96 Å². The third kappa shape index (κ3) is 5.96. The van der Waals surface area contributed by atoms with Crippen molar-refractivity contribution < 1.29 is 9.47 Å². The lowest BCUT2D eigenvalue weighted by Crippen LogP contribution is -2.46. The number of nitrogens with zero attached hydrogens (tertiary/aromatic N) is 3. The maximum absolute atomic E-state index is 5.82. The average Bonchev–Trinajstić information content (AvgIpc) is 2.75. The van der Waals surface area contributed by atoms with Crippen LogP contribution >= 0.6 is 0 Å². The Kier molecular flexibility index (Phi) is 7.67. The molecule has 0 radical (unpaired) electrons. The number of piperidine rings is 1.